The lowest BCUT2D eigenvalue weighted by atomic mass is 9.97. The number of piperidine rings is 1. The van der Waals surface area contributed by atoms with Crippen molar-refractivity contribution >= 4 is 28.3 Å². The van der Waals surface area contributed by atoms with Crippen LogP contribution in [-0.4, -0.2) is 49.8 Å². The first kappa shape index (κ1) is 18.3. The van der Waals surface area contributed by atoms with Gasteiger partial charge in [0.25, 0.3) is 5.91 Å². The molecule has 3 aromatic rings. The molecule has 2 amide bonds. The SMILES string of the molecule is O=C(Nc1nncs1)[C@@H]1CCCN(C(=O)c2cnn(Cc3ccccc3)c2)C1. The summed E-state index contributed by atoms with van der Waals surface area (Å²) in [5.41, 5.74) is 3.23. The molecule has 8 nitrogen and oxygen atoms in total. The molecule has 0 unspecified atom stereocenters. The summed E-state index contributed by atoms with van der Waals surface area (Å²) in [6.45, 7) is 1.65. The van der Waals surface area contributed by atoms with Gasteiger partial charge in [-0.15, -0.1) is 10.2 Å². The van der Waals surface area contributed by atoms with Crippen LogP contribution in [0.3, 0.4) is 0 Å². The molecule has 9 heteroatoms. The maximum absolute atomic E-state index is 12.9. The molecule has 1 N–H and O–H groups in total. The second kappa shape index (κ2) is 8.30. The van der Waals surface area contributed by atoms with Gasteiger partial charge in [-0.1, -0.05) is 41.7 Å². The summed E-state index contributed by atoms with van der Waals surface area (Å²) >= 11 is 1.28. The van der Waals surface area contributed by atoms with Crippen LogP contribution >= 0.6 is 11.3 Å². The van der Waals surface area contributed by atoms with E-state index in [1.54, 1.807) is 27.5 Å². The molecule has 1 fully saturated rings. The third-order valence-electron chi connectivity index (χ3n) is 4.74. The summed E-state index contributed by atoms with van der Waals surface area (Å²) < 4.78 is 1.76. The van der Waals surface area contributed by atoms with E-state index < -0.39 is 0 Å². The molecule has 28 heavy (non-hydrogen) atoms. The van der Waals surface area contributed by atoms with Gasteiger partial charge in [-0.05, 0) is 18.4 Å². The van der Waals surface area contributed by atoms with Gasteiger partial charge in [0.05, 0.1) is 24.2 Å². The minimum absolute atomic E-state index is 0.0901. The minimum Gasteiger partial charge on any atom is -0.338 e. The maximum Gasteiger partial charge on any atom is 0.257 e. The summed E-state index contributed by atoms with van der Waals surface area (Å²) in [5.74, 6) is -0.456. The Morgan fingerprint density at radius 3 is 2.89 bits per heavy atom. The standard InChI is InChI=1S/C19H20N6O2S/c26-17(22-19-23-20-13-28-19)15-7-4-8-24(11-15)18(27)16-9-21-25(12-16)10-14-5-2-1-3-6-14/h1-3,5-6,9,12-13,15H,4,7-8,10-11H2,(H,22,23,26)/t15-/m1/s1. The highest BCUT2D eigenvalue weighted by Crippen LogP contribution is 2.21. The Balaban J connectivity index is 1.38. The van der Waals surface area contributed by atoms with E-state index in [0.29, 0.717) is 30.3 Å². The molecule has 2 aromatic heterocycles. The zero-order valence-electron chi connectivity index (χ0n) is 15.2. The fourth-order valence-electron chi connectivity index (χ4n) is 3.32. The molecule has 3 heterocycles. The van der Waals surface area contributed by atoms with E-state index in [-0.39, 0.29) is 17.7 Å². The van der Waals surface area contributed by atoms with Gasteiger partial charge in [-0.25, -0.2) is 0 Å². The Morgan fingerprint density at radius 2 is 2.11 bits per heavy atom. The fourth-order valence-corrected chi connectivity index (χ4v) is 3.77. The van der Waals surface area contributed by atoms with E-state index in [4.69, 9.17) is 0 Å². The first-order valence-electron chi connectivity index (χ1n) is 9.12. The van der Waals surface area contributed by atoms with Crippen LogP contribution in [0, 0.1) is 5.92 Å². The predicted molar refractivity (Wildman–Crippen MR) is 105 cm³/mol. The van der Waals surface area contributed by atoms with Gasteiger partial charge >= 0.3 is 0 Å². The van der Waals surface area contributed by atoms with Crippen LogP contribution in [-0.2, 0) is 11.3 Å². The number of amides is 2. The number of carbonyl (C=O) groups is 2. The third kappa shape index (κ3) is 4.25. The van der Waals surface area contributed by atoms with Crippen molar-refractivity contribution in [2.45, 2.75) is 19.4 Å². The van der Waals surface area contributed by atoms with Gasteiger partial charge < -0.3 is 10.2 Å². The van der Waals surface area contributed by atoms with Gasteiger partial charge in [0.15, 0.2) is 0 Å². The van der Waals surface area contributed by atoms with Crippen LogP contribution in [0.5, 0.6) is 0 Å². The molecule has 1 aliphatic rings. The summed E-state index contributed by atoms with van der Waals surface area (Å²) in [4.78, 5) is 27.1. The molecule has 0 aliphatic carbocycles. The molecular formula is C19H20N6O2S. The lowest BCUT2D eigenvalue weighted by Crippen LogP contribution is -2.43. The molecule has 0 bridgehead atoms. The second-order valence-corrected chi connectivity index (χ2v) is 7.57. The summed E-state index contributed by atoms with van der Waals surface area (Å²) in [6.07, 6.45) is 4.90. The predicted octanol–water partition coefficient (Wildman–Crippen LogP) is 2.27. The topological polar surface area (TPSA) is 93.0 Å². The average molecular weight is 396 g/mol. The first-order chi connectivity index (χ1) is 13.7. The molecule has 144 valence electrons. The van der Waals surface area contributed by atoms with Gasteiger partial charge in [0, 0.05) is 19.3 Å². The van der Waals surface area contributed by atoms with Crippen molar-refractivity contribution in [1.82, 2.24) is 24.9 Å². The molecule has 0 saturated carbocycles. The number of nitrogens with one attached hydrogen (secondary N) is 1. The van der Waals surface area contributed by atoms with Crippen molar-refractivity contribution < 1.29 is 9.59 Å². The number of likely N-dealkylation sites (tertiary alicyclic amines) is 1. The van der Waals surface area contributed by atoms with Crippen molar-refractivity contribution in [3.63, 3.8) is 0 Å². The quantitative estimate of drug-likeness (QED) is 0.714. The van der Waals surface area contributed by atoms with Crippen molar-refractivity contribution in [3.05, 3.63) is 59.4 Å². The van der Waals surface area contributed by atoms with E-state index in [1.807, 2.05) is 30.3 Å². The Labute approximate surface area is 166 Å². The van der Waals surface area contributed by atoms with Crippen LogP contribution in [0.25, 0.3) is 0 Å². The van der Waals surface area contributed by atoms with Crippen molar-refractivity contribution in [3.8, 4) is 0 Å². The summed E-state index contributed by atoms with van der Waals surface area (Å²) in [7, 11) is 0. The number of hydrogen-bond acceptors (Lipinski definition) is 6. The lowest BCUT2D eigenvalue weighted by Gasteiger charge is -2.31. The van der Waals surface area contributed by atoms with E-state index in [9.17, 15) is 9.59 Å². The highest BCUT2D eigenvalue weighted by atomic mass is 32.1. The molecular weight excluding hydrogens is 376 g/mol. The van der Waals surface area contributed by atoms with E-state index in [0.717, 1.165) is 18.4 Å². The maximum atomic E-state index is 12.9. The zero-order chi connectivity index (χ0) is 19.3. The van der Waals surface area contributed by atoms with Crippen LogP contribution in [0.2, 0.25) is 0 Å². The number of anilines is 1. The Bertz CT molecular complexity index is 941. The lowest BCUT2D eigenvalue weighted by molar-refractivity contribution is -0.121. The first-order valence-corrected chi connectivity index (χ1v) is 9.99. The van der Waals surface area contributed by atoms with Gasteiger partial charge in [0.2, 0.25) is 11.0 Å². The number of hydrogen-bond donors (Lipinski definition) is 1. The number of benzene rings is 1. The fraction of sp³-hybridized carbons (Fsp3) is 0.316. The monoisotopic (exact) mass is 396 g/mol. The Morgan fingerprint density at radius 1 is 1.25 bits per heavy atom. The normalized spacial score (nSPS) is 16.7. The van der Waals surface area contributed by atoms with Crippen LogP contribution in [0.1, 0.15) is 28.8 Å². The van der Waals surface area contributed by atoms with Gasteiger partial charge in [0.1, 0.15) is 5.51 Å². The van der Waals surface area contributed by atoms with Crippen LogP contribution in [0.15, 0.2) is 48.2 Å². The summed E-state index contributed by atoms with van der Waals surface area (Å²) in [6, 6.07) is 9.97. The molecule has 4 rings (SSSR count). The molecule has 1 aromatic carbocycles. The van der Waals surface area contributed by atoms with Crippen molar-refractivity contribution in [2.24, 2.45) is 5.92 Å². The molecule has 1 aliphatic heterocycles. The zero-order valence-corrected chi connectivity index (χ0v) is 16.0. The minimum atomic E-state index is -0.249. The summed E-state index contributed by atoms with van der Waals surface area (Å²) in [5, 5.41) is 15.1. The van der Waals surface area contributed by atoms with Crippen LogP contribution < -0.4 is 5.32 Å². The van der Waals surface area contributed by atoms with E-state index in [2.05, 4.69) is 20.6 Å². The van der Waals surface area contributed by atoms with Crippen LogP contribution in [0.4, 0.5) is 5.13 Å². The van der Waals surface area contributed by atoms with Gasteiger partial charge in [-0.2, -0.15) is 5.10 Å². The van der Waals surface area contributed by atoms with Crippen molar-refractivity contribution in [1.29, 1.82) is 0 Å². The highest BCUT2D eigenvalue weighted by molar-refractivity contribution is 7.13. The Kier molecular flexibility index (Phi) is 5.43. The molecule has 1 atom stereocenters. The number of rotatable bonds is 5. The van der Waals surface area contributed by atoms with E-state index >= 15 is 0 Å². The Hall–Kier alpha value is -3.07. The highest BCUT2D eigenvalue weighted by Gasteiger charge is 2.29. The molecule has 1 saturated heterocycles. The average Bonchev–Trinajstić information content (AvgIpc) is 3.40. The third-order valence-corrected chi connectivity index (χ3v) is 5.34. The molecule has 0 spiro atoms. The number of nitrogens with zero attached hydrogens (tertiary/aromatic N) is 5. The van der Waals surface area contributed by atoms with Gasteiger partial charge in [-0.3, -0.25) is 14.3 Å². The smallest absolute Gasteiger partial charge is 0.257 e. The number of carbonyl (C=O) groups excluding carboxylic acids is 2. The van der Waals surface area contributed by atoms with Crippen molar-refractivity contribution in [2.75, 3.05) is 18.4 Å². The van der Waals surface area contributed by atoms with E-state index in [1.165, 1.54) is 11.3 Å². The second-order valence-electron chi connectivity index (χ2n) is 6.74. The molecule has 0 radical (unpaired) electrons. The number of aromatic nitrogens is 4. The largest absolute Gasteiger partial charge is 0.338 e.